The van der Waals surface area contributed by atoms with E-state index in [-0.39, 0.29) is 17.9 Å². The highest BCUT2D eigenvalue weighted by atomic mass is 16.2. The molecule has 0 aliphatic heterocycles. The number of carbonyl (C=O) groups is 2. The molecule has 0 aromatic heterocycles. The third-order valence-corrected chi connectivity index (χ3v) is 2.71. The lowest BCUT2D eigenvalue weighted by molar-refractivity contribution is -0.121. The number of amides is 2. The van der Waals surface area contributed by atoms with E-state index in [9.17, 15) is 9.59 Å². The summed E-state index contributed by atoms with van der Waals surface area (Å²) in [4.78, 5) is 22.8. The van der Waals surface area contributed by atoms with Crippen molar-refractivity contribution in [3.8, 4) is 0 Å². The standard InChI is InChI=1S/C16H30N2O2/c1-13(2)10-11-15(19)17-12-8-6-5-7-9-16(20)18-14(3)4/h10-11,13-14H,5-9,12H2,1-4H3,(H,17,19)(H,18,20)/b11-10+. The van der Waals surface area contributed by atoms with E-state index in [2.05, 4.69) is 10.6 Å². The highest BCUT2D eigenvalue weighted by Crippen LogP contribution is 2.02. The van der Waals surface area contributed by atoms with Crippen LogP contribution in [0, 0.1) is 5.92 Å². The summed E-state index contributed by atoms with van der Waals surface area (Å²) in [5.74, 6) is 0.514. The van der Waals surface area contributed by atoms with Crippen molar-refractivity contribution < 1.29 is 9.59 Å². The average molecular weight is 282 g/mol. The predicted molar refractivity (Wildman–Crippen MR) is 83.4 cm³/mol. The molecule has 0 spiro atoms. The highest BCUT2D eigenvalue weighted by Gasteiger charge is 2.02. The van der Waals surface area contributed by atoms with E-state index in [0.717, 1.165) is 25.7 Å². The van der Waals surface area contributed by atoms with Gasteiger partial charge in [0.2, 0.25) is 11.8 Å². The summed E-state index contributed by atoms with van der Waals surface area (Å²) in [7, 11) is 0. The first-order valence-corrected chi connectivity index (χ1v) is 7.67. The fourth-order valence-corrected chi connectivity index (χ4v) is 1.71. The SMILES string of the molecule is CC(C)/C=C/C(=O)NCCCCCCC(=O)NC(C)C. The molecule has 0 radical (unpaired) electrons. The molecule has 20 heavy (non-hydrogen) atoms. The van der Waals surface area contributed by atoms with E-state index in [4.69, 9.17) is 0 Å². The first-order valence-electron chi connectivity index (χ1n) is 7.67. The topological polar surface area (TPSA) is 58.2 Å². The summed E-state index contributed by atoms with van der Waals surface area (Å²) in [5, 5.41) is 5.74. The molecule has 0 heterocycles. The van der Waals surface area contributed by atoms with Crippen molar-refractivity contribution in [2.45, 2.75) is 65.8 Å². The molecule has 0 rings (SSSR count). The Morgan fingerprint density at radius 1 is 1.00 bits per heavy atom. The lowest BCUT2D eigenvalue weighted by atomic mass is 10.1. The summed E-state index contributed by atoms with van der Waals surface area (Å²) in [6.45, 7) is 8.72. The van der Waals surface area contributed by atoms with Gasteiger partial charge < -0.3 is 10.6 Å². The molecule has 0 aliphatic carbocycles. The summed E-state index contributed by atoms with van der Waals surface area (Å²) in [6.07, 6.45) is 8.05. The van der Waals surface area contributed by atoms with Gasteiger partial charge in [-0.1, -0.05) is 32.8 Å². The maximum absolute atomic E-state index is 11.4. The first kappa shape index (κ1) is 18.7. The lowest BCUT2D eigenvalue weighted by Crippen LogP contribution is -2.29. The number of hydrogen-bond acceptors (Lipinski definition) is 2. The molecule has 4 heteroatoms. The average Bonchev–Trinajstić information content (AvgIpc) is 2.34. The molecular formula is C16H30N2O2. The second-order valence-electron chi connectivity index (χ2n) is 5.78. The summed E-state index contributed by atoms with van der Waals surface area (Å²) >= 11 is 0. The molecule has 0 unspecified atom stereocenters. The molecule has 4 nitrogen and oxygen atoms in total. The number of rotatable bonds is 10. The quantitative estimate of drug-likeness (QED) is 0.478. The van der Waals surface area contributed by atoms with Gasteiger partial charge in [0.15, 0.2) is 0 Å². The highest BCUT2D eigenvalue weighted by molar-refractivity contribution is 5.87. The van der Waals surface area contributed by atoms with Crippen LogP contribution in [0.1, 0.15) is 59.8 Å². The van der Waals surface area contributed by atoms with Crippen LogP contribution in [0.2, 0.25) is 0 Å². The Labute approximate surface area is 123 Å². The lowest BCUT2D eigenvalue weighted by Gasteiger charge is -2.07. The fourth-order valence-electron chi connectivity index (χ4n) is 1.71. The van der Waals surface area contributed by atoms with Gasteiger partial charge in [-0.2, -0.15) is 0 Å². The number of hydrogen-bond donors (Lipinski definition) is 2. The Morgan fingerprint density at radius 3 is 2.25 bits per heavy atom. The third-order valence-electron chi connectivity index (χ3n) is 2.71. The van der Waals surface area contributed by atoms with E-state index >= 15 is 0 Å². The van der Waals surface area contributed by atoms with Gasteiger partial charge in [-0.25, -0.2) is 0 Å². The monoisotopic (exact) mass is 282 g/mol. The van der Waals surface area contributed by atoms with Crippen molar-refractivity contribution in [1.82, 2.24) is 10.6 Å². The Balaban J connectivity index is 3.41. The van der Waals surface area contributed by atoms with Gasteiger partial charge in [0.05, 0.1) is 0 Å². The minimum atomic E-state index is -0.0185. The molecule has 0 fully saturated rings. The van der Waals surface area contributed by atoms with Crippen molar-refractivity contribution in [2.24, 2.45) is 5.92 Å². The van der Waals surface area contributed by atoms with E-state index in [0.29, 0.717) is 18.9 Å². The van der Waals surface area contributed by atoms with Crippen LogP contribution in [0.5, 0.6) is 0 Å². The maximum atomic E-state index is 11.4. The molecule has 0 atom stereocenters. The molecule has 116 valence electrons. The fraction of sp³-hybridized carbons (Fsp3) is 0.750. The van der Waals surface area contributed by atoms with Gasteiger partial charge in [0.1, 0.15) is 0 Å². The van der Waals surface area contributed by atoms with Gasteiger partial charge in [-0.3, -0.25) is 9.59 Å². The summed E-state index contributed by atoms with van der Waals surface area (Å²) < 4.78 is 0. The number of nitrogens with one attached hydrogen (secondary N) is 2. The van der Waals surface area contributed by atoms with Crippen LogP contribution in [-0.4, -0.2) is 24.4 Å². The van der Waals surface area contributed by atoms with E-state index < -0.39 is 0 Å². The zero-order valence-electron chi connectivity index (χ0n) is 13.4. The molecule has 0 saturated heterocycles. The van der Waals surface area contributed by atoms with Crippen LogP contribution < -0.4 is 10.6 Å². The van der Waals surface area contributed by atoms with Crippen LogP contribution in [-0.2, 0) is 9.59 Å². The number of allylic oxidation sites excluding steroid dienone is 1. The van der Waals surface area contributed by atoms with Crippen molar-refractivity contribution in [3.63, 3.8) is 0 Å². The van der Waals surface area contributed by atoms with Gasteiger partial charge >= 0.3 is 0 Å². The van der Waals surface area contributed by atoms with E-state index in [1.54, 1.807) is 6.08 Å². The third kappa shape index (κ3) is 13.1. The van der Waals surface area contributed by atoms with Crippen molar-refractivity contribution in [2.75, 3.05) is 6.54 Å². The molecule has 0 aliphatic rings. The van der Waals surface area contributed by atoms with E-state index in [1.165, 1.54) is 0 Å². The van der Waals surface area contributed by atoms with Gasteiger partial charge in [0, 0.05) is 19.0 Å². The smallest absolute Gasteiger partial charge is 0.243 e. The molecule has 0 aromatic carbocycles. The van der Waals surface area contributed by atoms with Crippen LogP contribution in [0.3, 0.4) is 0 Å². The maximum Gasteiger partial charge on any atom is 0.243 e. The molecule has 0 aromatic rings. The molecule has 0 saturated carbocycles. The second kappa shape index (κ2) is 11.5. The zero-order chi connectivity index (χ0) is 15.4. The number of unbranched alkanes of at least 4 members (excludes halogenated alkanes) is 3. The predicted octanol–water partition coefficient (Wildman–Crippen LogP) is 2.79. The molecular weight excluding hydrogens is 252 g/mol. The number of carbonyl (C=O) groups excluding carboxylic acids is 2. The van der Waals surface area contributed by atoms with Crippen LogP contribution in [0.4, 0.5) is 0 Å². The Morgan fingerprint density at radius 2 is 1.65 bits per heavy atom. The van der Waals surface area contributed by atoms with Crippen LogP contribution in [0.25, 0.3) is 0 Å². The van der Waals surface area contributed by atoms with Gasteiger partial charge in [-0.15, -0.1) is 0 Å². The largest absolute Gasteiger partial charge is 0.354 e. The summed E-state index contributed by atoms with van der Waals surface area (Å²) in [6, 6.07) is 0.219. The van der Waals surface area contributed by atoms with Crippen molar-refractivity contribution in [3.05, 3.63) is 12.2 Å². The molecule has 2 N–H and O–H groups in total. The molecule has 2 amide bonds. The summed E-state index contributed by atoms with van der Waals surface area (Å²) in [5.41, 5.74) is 0. The Hall–Kier alpha value is -1.32. The van der Waals surface area contributed by atoms with E-state index in [1.807, 2.05) is 33.8 Å². The van der Waals surface area contributed by atoms with Crippen molar-refractivity contribution in [1.29, 1.82) is 0 Å². The first-order chi connectivity index (χ1) is 9.41. The Kier molecular flexibility index (Phi) is 10.7. The minimum absolute atomic E-state index is 0.0185. The normalized spacial score (nSPS) is 11.3. The van der Waals surface area contributed by atoms with Gasteiger partial charge in [-0.05, 0) is 38.7 Å². The van der Waals surface area contributed by atoms with Crippen LogP contribution in [0.15, 0.2) is 12.2 Å². The van der Waals surface area contributed by atoms with Gasteiger partial charge in [0.25, 0.3) is 0 Å². The van der Waals surface area contributed by atoms with Crippen LogP contribution >= 0.6 is 0 Å². The zero-order valence-corrected chi connectivity index (χ0v) is 13.4. The van der Waals surface area contributed by atoms with Crippen molar-refractivity contribution >= 4 is 11.8 Å². The Bertz CT molecular complexity index is 310. The second-order valence-corrected chi connectivity index (χ2v) is 5.78. The minimum Gasteiger partial charge on any atom is -0.354 e. The molecule has 0 bridgehead atoms.